The van der Waals surface area contributed by atoms with E-state index in [1.807, 2.05) is 12.5 Å². The molecule has 0 aliphatic heterocycles. The second-order valence-electron chi connectivity index (χ2n) is 2.47. The Bertz CT molecular complexity index is 366. The molecular weight excluding hydrogens is 240 g/mol. The Hall–Kier alpha value is -0.320. The Kier molecular flexibility index (Phi) is 4.16. The minimum Gasteiger partial charge on any atom is -0.478 e. The van der Waals surface area contributed by atoms with Crippen LogP contribution in [-0.4, -0.2) is 23.6 Å². The van der Waals surface area contributed by atoms with Gasteiger partial charge >= 0.3 is 5.97 Å². The Morgan fingerprint density at radius 3 is 2.29 bits per heavy atom. The summed E-state index contributed by atoms with van der Waals surface area (Å²) in [5.74, 6) is -0.915. The van der Waals surface area contributed by atoms with Crippen LogP contribution in [-0.2, 0) is 0 Å². The largest absolute Gasteiger partial charge is 0.478 e. The molecule has 0 saturated heterocycles. The second-order valence-corrected chi connectivity index (χ2v) is 4.51. The van der Waals surface area contributed by atoms with Crippen LogP contribution in [0.5, 0.6) is 0 Å². The highest BCUT2D eigenvalue weighted by Crippen LogP contribution is 2.36. The van der Waals surface area contributed by atoms with E-state index in [0.29, 0.717) is 10.6 Å². The van der Waals surface area contributed by atoms with E-state index in [9.17, 15) is 4.79 Å². The maximum atomic E-state index is 10.9. The summed E-state index contributed by atoms with van der Waals surface area (Å²) in [4.78, 5) is 12.5. The molecule has 2 nitrogen and oxygen atoms in total. The molecule has 0 aliphatic carbocycles. The van der Waals surface area contributed by atoms with Crippen molar-refractivity contribution >= 4 is 41.1 Å². The highest BCUT2D eigenvalue weighted by atomic mass is 35.5. The molecule has 0 radical (unpaired) electrons. The first-order valence-corrected chi connectivity index (χ1v) is 6.58. The van der Waals surface area contributed by atoms with Crippen LogP contribution >= 0.6 is 35.1 Å². The Balaban J connectivity index is 3.40. The number of benzene rings is 1. The number of hydrogen-bond acceptors (Lipinski definition) is 3. The second kappa shape index (κ2) is 4.96. The Morgan fingerprint density at radius 2 is 1.86 bits per heavy atom. The first-order valence-electron chi connectivity index (χ1n) is 3.75. The zero-order valence-electron chi connectivity index (χ0n) is 7.70. The van der Waals surface area contributed by atoms with E-state index in [4.69, 9.17) is 16.7 Å². The van der Waals surface area contributed by atoms with Crippen molar-refractivity contribution in [1.82, 2.24) is 0 Å². The van der Waals surface area contributed by atoms with Gasteiger partial charge in [-0.15, -0.1) is 23.5 Å². The lowest BCUT2D eigenvalue weighted by molar-refractivity contribution is 0.0692. The number of carbonyl (C=O) groups is 1. The molecule has 0 heterocycles. The van der Waals surface area contributed by atoms with Gasteiger partial charge in [0.1, 0.15) is 0 Å². The van der Waals surface area contributed by atoms with Crippen molar-refractivity contribution in [2.24, 2.45) is 0 Å². The van der Waals surface area contributed by atoms with Crippen molar-refractivity contribution in [2.45, 2.75) is 9.79 Å². The average molecular weight is 249 g/mol. The average Bonchev–Trinajstić information content (AvgIpc) is 2.16. The van der Waals surface area contributed by atoms with Crippen molar-refractivity contribution in [3.63, 3.8) is 0 Å². The van der Waals surface area contributed by atoms with Gasteiger partial charge in [0.25, 0.3) is 0 Å². The van der Waals surface area contributed by atoms with Gasteiger partial charge in [0, 0.05) is 9.79 Å². The van der Waals surface area contributed by atoms with Crippen LogP contribution in [0.15, 0.2) is 21.9 Å². The summed E-state index contributed by atoms with van der Waals surface area (Å²) in [6.07, 6.45) is 3.73. The van der Waals surface area contributed by atoms with Gasteiger partial charge in [-0.3, -0.25) is 0 Å². The van der Waals surface area contributed by atoms with Crippen LogP contribution in [0.3, 0.4) is 0 Å². The fourth-order valence-electron chi connectivity index (χ4n) is 1.10. The van der Waals surface area contributed by atoms with Crippen LogP contribution in [0.2, 0.25) is 5.02 Å². The molecule has 0 bridgehead atoms. The summed E-state index contributed by atoms with van der Waals surface area (Å²) >= 11 is 8.82. The molecule has 0 atom stereocenters. The van der Waals surface area contributed by atoms with E-state index in [1.54, 1.807) is 6.07 Å². The number of halogens is 1. The molecule has 76 valence electrons. The third kappa shape index (κ3) is 2.19. The number of rotatable bonds is 3. The number of thioether (sulfide) groups is 2. The summed E-state index contributed by atoms with van der Waals surface area (Å²) in [5.41, 5.74) is 0.311. The fraction of sp³-hybridized carbons (Fsp3) is 0.222. The highest BCUT2D eigenvalue weighted by Gasteiger charge is 2.15. The van der Waals surface area contributed by atoms with Crippen molar-refractivity contribution in [3.05, 3.63) is 22.7 Å². The van der Waals surface area contributed by atoms with Crippen LogP contribution in [0.1, 0.15) is 10.4 Å². The normalized spacial score (nSPS) is 10.2. The summed E-state index contributed by atoms with van der Waals surface area (Å²) in [5, 5.41) is 9.55. The van der Waals surface area contributed by atoms with Crippen molar-refractivity contribution in [3.8, 4) is 0 Å². The van der Waals surface area contributed by atoms with E-state index in [1.165, 1.54) is 29.6 Å². The summed E-state index contributed by atoms with van der Waals surface area (Å²) in [6, 6.07) is 3.16. The molecule has 0 fully saturated rings. The van der Waals surface area contributed by atoms with Gasteiger partial charge in [0.15, 0.2) is 0 Å². The predicted octanol–water partition coefficient (Wildman–Crippen LogP) is 3.48. The van der Waals surface area contributed by atoms with Gasteiger partial charge < -0.3 is 5.11 Å². The van der Waals surface area contributed by atoms with E-state index < -0.39 is 5.97 Å². The van der Waals surface area contributed by atoms with E-state index in [0.717, 1.165) is 9.79 Å². The topological polar surface area (TPSA) is 37.3 Å². The quantitative estimate of drug-likeness (QED) is 0.831. The van der Waals surface area contributed by atoms with Gasteiger partial charge in [-0.1, -0.05) is 11.6 Å². The molecule has 0 amide bonds. The van der Waals surface area contributed by atoms with Gasteiger partial charge in [-0.05, 0) is 24.6 Å². The van der Waals surface area contributed by atoms with Crippen molar-refractivity contribution in [2.75, 3.05) is 12.5 Å². The van der Waals surface area contributed by atoms with Gasteiger partial charge in [0.2, 0.25) is 0 Å². The first kappa shape index (κ1) is 11.8. The zero-order valence-corrected chi connectivity index (χ0v) is 10.1. The maximum absolute atomic E-state index is 10.9. The van der Waals surface area contributed by atoms with Crippen LogP contribution in [0.25, 0.3) is 0 Å². The van der Waals surface area contributed by atoms with Gasteiger partial charge in [-0.25, -0.2) is 4.79 Å². The molecule has 0 saturated carbocycles. The van der Waals surface area contributed by atoms with Gasteiger partial charge in [0.05, 0.1) is 10.6 Å². The third-order valence-corrected chi connectivity index (χ3v) is 3.92. The molecule has 0 unspecified atom stereocenters. The van der Waals surface area contributed by atoms with Crippen LogP contribution in [0, 0.1) is 0 Å². The molecule has 1 N–H and O–H groups in total. The standard InChI is InChI=1S/C9H9ClO2S2/c1-13-7-5(9(11)12)3-4-6(10)8(7)14-2/h3-4H,1-2H3,(H,11,12). The van der Waals surface area contributed by atoms with Crippen molar-refractivity contribution < 1.29 is 9.90 Å². The molecule has 0 aromatic heterocycles. The molecule has 14 heavy (non-hydrogen) atoms. The third-order valence-electron chi connectivity index (χ3n) is 1.70. The fourth-order valence-corrected chi connectivity index (χ4v) is 3.27. The smallest absolute Gasteiger partial charge is 0.336 e. The minimum absolute atomic E-state index is 0.311. The summed E-state index contributed by atoms with van der Waals surface area (Å²) in [7, 11) is 0. The van der Waals surface area contributed by atoms with Crippen LogP contribution < -0.4 is 0 Å². The summed E-state index contributed by atoms with van der Waals surface area (Å²) in [6.45, 7) is 0. The Labute approximate surface area is 96.0 Å². The lowest BCUT2D eigenvalue weighted by atomic mass is 10.2. The van der Waals surface area contributed by atoms with Gasteiger partial charge in [-0.2, -0.15) is 0 Å². The van der Waals surface area contributed by atoms with Crippen molar-refractivity contribution in [1.29, 1.82) is 0 Å². The molecule has 0 aliphatic rings. The van der Waals surface area contributed by atoms with E-state index in [-0.39, 0.29) is 0 Å². The maximum Gasteiger partial charge on any atom is 0.336 e. The monoisotopic (exact) mass is 248 g/mol. The van der Waals surface area contributed by atoms with E-state index >= 15 is 0 Å². The highest BCUT2D eigenvalue weighted by molar-refractivity contribution is 8.01. The number of carboxylic acid groups (broad SMARTS) is 1. The predicted molar refractivity (Wildman–Crippen MR) is 62.0 cm³/mol. The van der Waals surface area contributed by atoms with Crippen LogP contribution in [0.4, 0.5) is 0 Å². The molecule has 1 aromatic rings. The Morgan fingerprint density at radius 1 is 1.29 bits per heavy atom. The number of hydrogen-bond donors (Lipinski definition) is 1. The molecule has 5 heteroatoms. The summed E-state index contributed by atoms with van der Waals surface area (Å²) < 4.78 is 0. The minimum atomic E-state index is -0.915. The molecule has 1 aromatic carbocycles. The SMILES string of the molecule is CSc1c(Cl)ccc(C(=O)O)c1SC. The molecule has 1 rings (SSSR count). The number of aromatic carboxylic acids is 1. The zero-order chi connectivity index (χ0) is 10.7. The lowest BCUT2D eigenvalue weighted by Crippen LogP contribution is -1.99. The first-order chi connectivity index (χ1) is 6.61. The van der Waals surface area contributed by atoms with E-state index in [2.05, 4.69) is 0 Å². The lowest BCUT2D eigenvalue weighted by Gasteiger charge is -2.09. The molecular formula is C9H9ClO2S2. The molecule has 0 spiro atoms. The number of carboxylic acids is 1.